The molecule has 8 nitrogen and oxygen atoms in total. The number of hydrogen-bond acceptors (Lipinski definition) is 6. The second-order valence-corrected chi connectivity index (χ2v) is 5.73. The van der Waals surface area contributed by atoms with Crippen molar-refractivity contribution in [3.63, 3.8) is 0 Å². The number of benzene rings is 2. The number of ether oxygens (including phenoxy) is 3. The molecular weight excluding hydrogens is 350 g/mol. The van der Waals surface area contributed by atoms with Crippen LogP contribution in [0.4, 0.5) is 5.82 Å². The van der Waals surface area contributed by atoms with E-state index in [-0.39, 0.29) is 6.61 Å². The lowest BCUT2D eigenvalue weighted by atomic mass is 10.0. The molecule has 27 heavy (non-hydrogen) atoms. The van der Waals surface area contributed by atoms with E-state index in [4.69, 9.17) is 9.47 Å². The van der Waals surface area contributed by atoms with Gasteiger partial charge in [-0.1, -0.05) is 6.07 Å². The molecule has 1 amide bonds. The number of rotatable bonds is 6. The van der Waals surface area contributed by atoms with Gasteiger partial charge in [-0.15, -0.1) is 0 Å². The summed E-state index contributed by atoms with van der Waals surface area (Å²) in [5.41, 5.74) is 2.51. The van der Waals surface area contributed by atoms with Gasteiger partial charge < -0.3 is 19.5 Å². The number of nitrogens with one attached hydrogen (secondary N) is 2. The average Bonchev–Trinajstić information content (AvgIpc) is 3.07. The van der Waals surface area contributed by atoms with Crippen LogP contribution in [0.1, 0.15) is 6.92 Å². The highest BCUT2D eigenvalue weighted by Gasteiger charge is 2.13. The second kappa shape index (κ2) is 7.77. The fraction of sp³-hybridized carbons (Fsp3) is 0.211. The molecule has 2 N–H and O–H groups in total. The number of anilines is 1. The first kappa shape index (κ1) is 18.2. The molecule has 0 radical (unpaired) electrons. The van der Waals surface area contributed by atoms with E-state index in [0.717, 1.165) is 22.0 Å². The van der Waals surface area contributed by atoms with E-state index in [2.05, 4.69) is 20.3 Å². The van der Waals surface area contributed by atoms with E-state index in [1.807, 2.05) is 36.4 Å². The Kier molecular flexibility index (Phi) is 5.25. The number of aromatic nitrogens is 2. The van der Waals surface area contributed by atoms with E-state index in [1.54, 1.807) is 14.2 Å². The van der Waals surface area contributed by atoms with Crippen molar-refractivity contribution < 1.29 is 23.8 Å². The highest BCUT2D eigenvalue weighted by molar-refractivity contribution is 6.01. The van der Waals surface area contributed by atoms with Gasteiger partial charge >= 0.3 is 5.97 Å². The van der Waals surface area contributed by atoms with Gasteiger partial charge in [0, 0.05) is 17.9 Å². The molecule has 3 rings (SSSR count). The lowest BCUT2D eigenvalue weighted by molar-refractivity contribution is -0.144. The fourth-order valence-electron chi connectivity index (χ4n) is 2.66. The lowest BCUT2D eigenvalue weighted by Gasteiger charge is -2.11. The molecule has 1 aromatic heterocycles. The van der Waals surface area contributed by atoms with Gasteiger partial charge in [0.25, 0.3) is 5.91 Å². The highest BCUT2D eigenvalue weighted by Crippen LogP contribution is 2.35. The topological polar surface area (TPSA) is 103 Å². The summed E-state index contributed by atoms with van der Waals surface area (Å²) in [6.45, 7) is 0.883. The smallest absolute Gasteiger partial charge is 0.303 e. The van der Waals surface area contributed by atoms with Crippen LogP contribution >= 0.6 is 0 Å². The molecule has 0 unspecified atom stereocenters. The summed E-state index contributed by atoms with van der Waals surface area (Å²) in [6.07, 6.45) is 0. The third-order valence-corrected chi connectivity index (χ3v) is 3.94. The van der Waals surface area contributed by atoms with Crippen LogP contribution in [0, 0.1) is 0 Å². The van der Waals surface area contributed by atoms with Gasteiger partial charge in [-0.25, -0.2) is 0 Å². The van der Waals surface area contributed by atoms with E-state index in [1.165, 1.54) is 6.92 Å². The van der Waals surface area contributed by atoms with E-state index in [9.17, 15) is 9.59 Å². The third kappa shape index (κ3) is 4.00. The number of methoxy groups -OCH3 is 2. The lowest BCUT2D eigenvalue weighted by Crippen LogP contribution is -2.20. The van der Waals surface area contributed by atoms with Crippen LogP contribution in [0.2, 0.25) is 0 Å². The van der Waals surface area contributed by atoms with Gasteiger partial charge in [0.1, 0.15) is 11.5 Å². The minimum Gasteiger partial charge on any atom is -0.497 e. The Morgan fingerprint density at radius 3 is 2.63 bits per heavy atom. The zero-order chi connectivity index (χ0) is 19.4. The molecular formula is C19H19N3O5. The summed E-state index contributed by atoms with van der Waals surface area (Å²) in [7, 11) is 3.21. The zero-order valence-electron chi connectivity index (χ0n) is 15.2. The summed E-state index contributed by atoms with van der Waals surface area (Å²) >= 11 is 0. The summed E-state index contributed by atoms with van der Waals surface area (Å²) in [5.74, 6) is 0.816. The van der Waals surface area contributed by atoms with Crippen molar-refractivity contribution in [2.45, 2.75) is 6.92 Å². The zero-order valence-corrected chi connectivity index (χ0v) is 15.2. The maximum atomic E-state index is 11.8. The Morgan fingerprint density at radius 1 is 1.11 bits per heavy atom. The average molecular weight is 369 g/mol. The maximum Gasteiger partial charge on any atom is 0.303 e. The predicted molar refractivity (Wildman–Crippen MR) is 99.9 cm³/mol. The van der Waals surface area contributed by atoms with Crippen LogP contribution in [-0.4, -0.2) is 42.9 Å². The van der Waals surface area contributed by atoms with Gasteiger partial charge in [0.2, 0.25) is 0 Å². The summed E-state index contributed by atoms with van der Waals surface area (Å²) < 4.78 is 15.4. The quantitative estimate of drug-likeness (QED) is 0.648. The van der Waals surface area contributed by atoms with E-state index >= 15 is 0 Å². The summed E-state index contributed by atoms with van der Waals surface area (Å²) in [4.78, 5) is 22.6. The number of carbonyl (C=O) groups excluding carboxylic acids is 2. The van der Waals surface area contributed by atoms with Gasteiger partial charge in [-0.3, -0.25) is 14.7 Å². The van der Waals surface area contributed by atoms with Crippen LogP contribution < -0.4 is 14.8 Å². The SMILES string of the molecule is COc1ccc(OC)c(-c2ccc3c(NC(=O)COC(C)=O)n[nH]c3c2)c1. The van der Waals surface area contributed by atoms with Gasteiger partial charge in [-0.05, 0) is 35.9 Å². The monoisotopic (exact) mass is 369 g/mol. The van der Waals surface area contributed by atoms with Crippen LogP contribution in [0.15, 0.2) is 36.4 Å². The number of aromatic amines is 1. The number of nitrogens with zero attached hydrogens (tertiary/aromatic N) is 1. The fourth-order valence-corrected chi connectivity index (χ4v) is 2.66. The van der Waals surface area contributed by atoms with Crippen molar-refractivity contribution in [3.8, 4) is 22.6 Å². The number of hydrogen-bond donors (Lipinski definition) is 2. The van der Waals surface area contributed by atoms with Crippen molar-refractivity contribution in [2.24, 2.45) is 0 Å². The van der Waals surface area contributed by atoms with Gasteiger partial charge in [0.05, 0.1) is 19.7 Å². The van der Waals surface area contributed by atoms with Crippen molar-refractivity contribution >= 4 is 28.6 Å². The molecule has 140 valence electrons. The molecule has 0 saturated carbocycles. The Labute approximate surface area is 155 Å². The van der Waals surface area contributed by atoms with Crippen LogP contribution in [-0.2, 0) is 14.3 Å². The first-order valence-electron chi connectivity index (χ1n) is 8.15. The normalized spacial score (nSPS) is 10.5. The third-order valence-electron chi connectivity index (χ3n) is 3.94. The van der Waals surface area contributed by atoms with Gasteiger partial charge in [0.15, 0.2) is 12.4 Å². The largest absolute Gasteiger partial charge is 0.497 e. The minimum atomic E-state index is -0.520. The Bertz CT molecular complexity index is 996. The first-order chi connectivity index (χ1) is 13.0. The van der Waals surface area contributed by atoms with Crippen molar-refractivity contribution in [3.05, 3.63) is 36.4 Å². The highest BCUT2D eigenvalue weighted by atomic mass is 16.5. The second-order valence-electron chi connectivity index (χ2n) is 5.73. The van der Waals surface area contributed by atoms with E-state index in [0.29, 0.717) is 17.3 Å². The van der Waals surface area contributed by atoms with Crippen molar-refractivity contribution in [1.82, 2.24) is 10.2 Å². The minimum absolute atomic E-state index is 0.358. The van der Waals surface area contributed by atoms with Crippen LogP contribution in [0.3, 0.4) is 0 Å². The summed E-state index contributed by atoms with van der Waals surface area (Å²) in [5, 5.41) is 10.4. The Morgan fingerprint density at radius 2 is 1.93 bits per heavy atom. The van der Waals surface area contributed by atoms with Crippen LogP contribution in [0.5, 0.6) is 11.5 Å². The standard InChI is InChI=1S/C19H19N3O5/c1-11(23)27-10-18(24)20-19-14-6-4-12(8-16(14)21-22-19)15-9-13(25-2)5-7-17(15)26-3/h4-9H,10H2,1-3H3,(H2,20,21,22,24). The van der Waals surface area contributed by atoms with E-state index < -0.39 is 11.9 Å². The molecule has 0 spiro atoms. The molecule has 0 saturated heterocycles. The van der Waals surface area contributed by atoms with Crippen molar-refractivity contribution in [1.29, 1.82) is 0 Å². The molecule has 2 aromatic carbocycles. The molecule has 1 heterocycles. The van der Waals surface area contributed by atoms with Gasteiger partial charge in [-0.2, -0.15) is 5.10 Å². The number of amides is 1. The molecule has 0 aliphatic rings. The molecule has 0 fully saturated rings. The van der Waals surface area contributed by atoms with Crippen molar-refractivity contribution in [2.75, 3.05) is 26.1 Å². The Hall–Kier alpha value is -3.55. The number of esters is 1. The molecule has 8 heteroatoms. The number of H-pyrrole nitrogens is 1. The predicted octanol–water partition coefficient (Wildman–Crippen LogP) is 2.75. The number of carbonyl (C=O) groups is 2. The summed E-state index contributed by atoms with van der Waals surface area (Å²) in [6, 6.07) is 11.2. The first-order valence-corrected chi connectivity index (χ1v) is 8.15. The van der Waals surface area contributed by atoms with Crippen LogP contribution in [0.25, 0.3) is 22.0 Å². The molecule has 3 aromatic rings. The Balaban J connectivity index is 1.90. The molecule has 0 aliphatic heterocycles. The number of fused-ring (bicyclic) bond motifs is 1. The maximum absolute atomic E-state index is 11.8. The molecule has 0 aliphatic carbocycles. The molecule has 0 atom stereocenters. The molecule has 0 bridgehead atoms.